The number of nitrogens with zero attached hydrogens (tertiary/aromatic N) is 1. The number of benzene rings is 1. The lowest BCUT2D eigenvalue weighted by atomic mass is 10.2. The number of anilines is 1. The average Bonchev–Trinajstić information content (AvgIpc) is 3.03. The standard InChI is InChI=1S/C19H16ClN3O2/c1-3-8-21-19(24)13-4-7-18(22-11-13)23-12(2)17-10-14-9-15(20)5-6-16(14)25-17/h1,4-7,9-12H,8H2,2H3,(H,21,24)(H,22,23). The number of hydrogen-bond acceptors (Lipinski definition) is 4. The van der Waals surface area contributed by atoms with Crippen molar-refractivity contribution in [1.29, 1.82) is 0 Å². The minimum atomic E-state index is -0.251. The van der Waals surface area contributed by atoms with E-state index in [0.717, 1.165) is 16.7 Å². The van der Waals surface area contributed by atoms with E-state index in [9.17, 15) is 4.79 Å². The van der Waals surface area contributed by atoms with Crippen LogP contribution in [0.5, 0.6) is 0 Å². The number of nitrogens with one attached hydrogen (secondary N) is 2. The van der Waals surface area contributed by atoms with Gasteiger partial charge in [0, 0.05) is 16.6 Å². The highest BCUT2D eigenvalue weighted by molar-refractivity contribution is 6.31. The maximum Gasteiger partial charge on any atom is 0.253 e. The van der Waals surface area contributed by atoms with Gasteiger partial charge in [-0.05, 0) is 43.3 Å². The lowest BCUT2D eigenvalue weighted by Crippen LogP contribution is -2.23. The van der Waals surface area contributed by atoms with Crippen molar-refractivity contribution < 1.29 is 9.21 Å². The van der Waals surface area contributed by atoms with Crippen LogP contribution in [0.4, 0.5) is 5.82 Å². The molecule has 0 spiro atoms. The Morgan fingerprint density at radius 1 is 1.36 bits per heavy atom. The fourth-order valence-corrected chi connectivity index (χ4v) is 2.57. The van der Waals surface area contributed by atoms with Gasteiger partial charge in [-0.2, -0.15) is 0 Å². The number of fused-ring (bicyclic) bond motifs is 1. The lowest BCUT2D eigenvalue weighted by Gasteiger charge is -2.12. The summed E-state index contributed by atoms with van der Waals surface area (Å²) in [7, 11) is 0. The first-order valence-electron chi connectivity index (χ1n) is 7.70. The van der Waals surface area contributed by atoms with Crippen LogP contribution in [0.1, 0.15) is 29.1 Å². The van der Waals surface area contributed by atoms with Gasteiger partial charge >= 0.3 is 0 Å². The highest BCUT2D eigenvalue weighted by Gasteiger charge is 2.13. The minimum Gasteiger partial charge on any atom is -0.459 e. The number of terminal acetylenes is 1. The maximum absolute atomic E-state index is 11.8. The molecule has 0 bridgehead atoms. The molecule has 0 aliphatic heterocycles. The van der Waals surface area contributed by atoms with Crippen LogP contribution >= 0.6 is 11.6 Å². The van der Waals surface area contributed by atoms with E-state index in [1.165, 1.54) is 6.20 Å². The van der Waals surface area contributed by atoms with Crippen LogP contribution in [-0.4, -0.2) is 17.4 Å². The molecule has 25 heavy (non-hydrogen) atoms. The fraction of sp³-hybridized carbons (Fsp3) is 0.158. The molecule has 0 aliphatic carbocycles. The van der Waals surface area contributed by atoms with Crippen LogP contribution in [0.15, 0.2) is 47.0 Å². The van der Waals surface area contributed by atoms with Gasteiger partial charge in [0.05, 0.1) is 18.2 Å². The molecule has 1 atom stereocenters. The SMILES string of the molecule is C#CCNC(=O)c1ccc(NC(C)c2cc3cc(Cl)ccc3o2)nc1. The molecule has 1 aromatic carbocycles. The highest BCUT2D eigenvalue weighted by atomic mass is 35.5. The van der Waals surface area contributed by atoms with Crippen molar-refractivity contribution in [3.63, 3.8) is 0 Å². The molecule has 0 saturated heterocycles. The second kappa shape index (κ2) is 7.29. The van der Waals surface area contributed by atoms with E-state index >= 15 is 0 Å². The summed E-state index contributed by atoms with van der Waals surface area (Å²) >= 11 is 6.00. The zero-order chi connectivity index (χ0) is 17.8. The Morgan fingerprint density at radius 2 is 2.20 bits per heavy atom. The molecule has 1 amide bonds. The summed E-state index contributed by atoms with van der Waals surface area (Å²) < 4.78 is 5.83. The molecule has 126 valence electrons. The molecule has 0 fully saturated rings. The monoisotopic (exact) mass is 353 g/mol. The van der Waals surface area contributed by atoms with Crippen LogP contribution in [0.3, 0.4) is 0 Å². The molecule has 2 aromatic heterocycles. The van der Waals surface area contributed by atoms with Crippen molar-refractivity contribution in [2.24, 2.45) is 0 Å². The number of hydrogen-bond donors (Lipinski definition) is 2. The third-order valence-corrected chi connectivity index (χ3v) is 3.90. The van der Waals surface area contributed by atoms with Gasteiger partial charge in [0.25, 0.3) is 5.91 Å². The third-order valence-electron chi connectivity index (χ3n) is 3.67. The molecule has 3 rings (SSSR count). The summed E-state index contributed by atoms with van der Waals surface area (Å²) in [4.78, 5) is 16.0. The number of furan rings is 1. The normalized spacial score (nSPS) is 11.7. The number of halogens is 1. The molecular weight excluding hydrogens is 338 g/mol. The molecule has 2 heterocycles. The van der Waals surface area contributed by atoms with Crippen LogP contribution < -0.4 is 10.6 Å². The summed E-state index contributed by atoms with van der Waals surface area (Å²) in [5, 5.41) is 7.45. The number of amides is 1. The van der Waals surface area contributed by atoms with Crippen molar-refractivity contribution in [3.8, 4) is 12.3 Å². The molecule has 3 aromatic rings. The zero-order valence-electron chi connectivity index (χ0n) is 13.5. The number of pyridine rings is 1. The predicted molar refractivity (Wildman–Crippen MR) is 98.7 cm³/mol. The number of carbonyl (C=O) groups excluding carboxylic acids is 1. The topological polar surface area (TPSA) is 67.2 Å². The van der Waals surface area contributed by atoms with Crippen molar-refractivity contribution >= 4 is 34.3 Å². The van der Waals surface area contributed by atoms with Gasteiger partial charge in [0.1, 0.15) is 17.2 Å². The van der Waals surface area contributed by atoms with Crippen molar-refractivity contribution in [1.82, 2.24) is 10.3 Å². The van der Waals surface area contributed by atoms with Crippen LogP contribution in [-0.2, 0) is 0 Å². The number of aromatic nitrogens is 1. The number of rotatable bonds is 5. The van der Waals surface area contributed by atoms with E-state index in [1.807, 2.05) is 25.1 Å². The van der Waals surface area contributed by atoms with Gasteiger partial charge in [-0.1, -0.05) is 17.5 Å². The molecule has 5 nitrogen and oxygen atoms in total. The maximum atomic E-state index is 11.8. The smallest absolute Gasteiger partial charge is 0.253 e. The Hall–Kier alpha value is -2.97. The lowest BCUT2D eigenvalue weighted by molar-refractivity contribution is 0.0958. The predicted octanol–water partition coefficient (Wildman–Crippen LogP) is 4.02. The summed E-state index contributed by atoms with van der Waals surface area (Å²) in [5.74, 6) is 3.52. The van der Waals surface area contributed by atoms with Crippen molar-refractivity contribution in [2.45, 2.75) is 13.0 Å². The van der Waals surface area contributed by atoms with E-state index in [1.54, 1.807) is 18.2 Å². The second-order valence-electron chi connectivity index (χ2n) is 5.52. The first kappa shape index (κ1) is 16.9. The summed E-state index contributed by atoms with van der Waals surface area (Å²) in [6, 6.07) is 10.8. The highest BCUT2D eigenvalue weighted by Crippen LogP contribution is 2.27. The molecule has 1 unspecified atom stereocenters. The zero-order valence-corrected chi connectivity index (χ0v) is 14.3. The molecule has 6 heteroatoms. The largest absolute Gasteiger partial charge is 0.459 e. The first-order valence-corrected chi connectivity index (χ1v) is 8.08. The number of carbonyl (C=O) groups is 1. The molecule has 2 N–H and O–H groups in total. The summed E-state index contributed by atoms with van der Waals surface area (Å²) in [6.45, 7) is 2.15. The van der Waals surface area contributed by atoms with Crippen molar-refractivity contribution in [2.75, 3.05) is 11.9 Å². The van der Waals surface area contributed by atoms with E-state index in [4.69, 9.17) is 22.4 Å². The summed E-state index contributed by atoms with van der Waals surface area (Å²) in [5.41, 5.74) is 1.23. The van der Waals surface area contributed by atoms with E-state index < -0.39 is 0 Å². The van der Waals surface area contributed by atoms with Crippen LogP contribution in [0.2, 0.25) is 5.02 Å². The Balaban J connectivity index is 1.70. The summed E-state index contributed by atoms with van der Waals surface area (Å²) in [6.07, 6.45) is 6.62. The molecule has 0 aliphatic rings. The minimum absolute atomic E-state index is 0.0974. The Morgan fingerprint density at radius 3 is 2.92 bits per heavy atom. The van der Waals surface area contributed by atoms with Gasteiger partial charge in [-0.25, -0.2) is 4.98 Å². The van der Waals surface area contributed by atoms with E-state index in [0.29, 0.717) is 16.4 Å². The quantitative estimate of drug-likeness (QED) is 0.680. The van der Waals surface area contributed by atoms with Crippen molar-refractivity contribution in [3.05, 3.63) is 58.9 Å². The fourth-order valence-electron chi connectivity index (χ4n) is 2.39. The van der Waals surface area contributed by atoms with Gasteiger partial charge in [-0.3, -0.25) is 4.79 Å². The van der Waals surface area contributed by atoms with E-state index in [2.05, 4.69) is 21.5 Å². The Kier molecular flexibility index (Phi) is 4.92. The molecule has 0 saturated carbocycles. The Bertz CT molecular complexity index is 941. The van der Waals surface area contributed by atoms with Gasteiger partial charge < -0.3 is 15.1 Å². The Labute approximate surface area is 150 Å². The molecule has 0 radical (unpaired) electrons. The second-order valence-corrected chi connectivity index (χ2v) is 5.95. The van der Waals surface area contributed by atoms with Gasteiger partial charge in [0.2, 0.25) is 0 Å². The third kappa shape index (κ3) is 3.93. The van der Waals surface area contributed by atoms with E-state index in [-0.39, 0.29) is 18.5 Å². The van der Waals surface area contributed by atoms with Gasteiger partial charge in [0.15, 0.2) is 0 Å². The average molecular weight is 354 g/mol. The first-order chi connectivity index (χ1) is 12.1. The van der Waals surface area contributed by atoms with Gasteiger partial charge in [-0.15, -0.1) is 6.42 Å². The van der Waals surface area contributed by atoms with Crippen LogP contribution in [0.25, 0.3) is 11.0 Å². The molecular formula is C19H16ClN3O2. The van der Waals surface area contributed by atoms with Crippen LogP contribution in [0, 0.1) is 12.3 Å².